The molecule has 0 bridgehead atoms. The highest BCUT2D eigenvalue weighted by molar-refractivity contribution is 5.87. The van der Waals surface area contributed by atoms with Gasteiger partial charge in [0.2, 0.25) is 0 Å². The molecule has 0 aliphatic rings. The van der Waals surface area contributed by atoms with Crippen LogP contribution in [0.5, 0.6) is 0 Å². The van der Waals surface area contributed by atoms with Crippen molar-refractivity contribution in [2.45, 2.75) is 6.92 Å². The van der Waals surface area contributed by atoms with Crippen LogP contribution in [0.4, 0.5) is 0 Å². The van der Waals surface area contributed by atoms with Gasteiger partial charge in [-0.3, -0.25) is 4.79 Å². The van der Waals surface area contributed by atoms with Crippen LogP contribution >= 0.6 is 0 Å². The molecule has 13 heavy (non-hydrogen) atoms. The van der Waals surface area contributed by atoms with Crippen molar-refractivity contribution < 1.29 is 14.3 Å². The summed E-state index contributed by atoms with van der Waals surface area (Å²) in [7, 11) is 0. The zero-order chi connectivity index (χ0) is 10.1. The summed E-state index contributed by atoms with van der Waals surface area (Å²) in [6.07, 6.45) is 7.37. The summed E-state index contributed by atoms with van der Waals surface area (Å²) in [5, 5.41) is 0. The lowest BCUT2D eigenvalue weighted by molar-refractivity contribution is -0.136. The van der Waals surface area contributed by atoms with E-state index in [4.69, 9.17) is 0 Å². The first-order valence-corrected chi connectivity index (χ1v) is 3.79. The molecule has 0 aliphatic heterocycles. The Balaban J connectivity index is 3.58. The Hall–Kier alpha value is -1.64. The van der Waals surface area contributed by atoms with Crippen molar-refractivity contribution >= 4 is 11.8 Å². The summed E-state index contributed by atoms with van der Waals surface area (Å²) >= 11 is 0. The van der Waals surface area contributed by atoms with Crippen molar-refractivity contribution in [2.75, 3.05) is 6.61 Å². The average molecular weight is 180 g/mol. The second-order valence-corrected chi connectivity index (χ2v) is 2.23. The van der Waals surface area contributed by atoms with E-state index in [1.807, 2.05) is 0 Å². The minimum atomic E-state index is -0.458. The predicted octanol–water partition coefficient (Wildman–Crippen LogP) is 1.42. The van der Waals surface area contributed by atoms with E-state index in [0.29, 0.717) is 0 Å². The molecule has 0 atom stereocenters. The van der Waals surface area contributed by atoms with Gasteiger partial charge in [-0.05, 0) is 19.1 Å². The SMILES string of the molecule is C=CC(=O)OC/C=C/C=C\C(C)=O. The number of esters is 1. The molecule has 0 fully saturated rings. The maximum atomic E-state index is 10.5. The number of ketones is 1. The van der Waals surface area contributed by atoms with Gasteiger partial charge in [0.25, 0.3) is 0 Å². The van der Waals surface area contributed by atoms with Gasteiger partial charge >= 0.3 is 5.97 Å². The number of hydrogen-bond donors (Lipinski definition) is 0. The van der Waals surface area contributed by atoms with Crippen LogP contribution in [0, 0.1) is 0 Å². The summed E-state index contributed by atoms with van der Waals surface area (Å²) < 4.78 is 4.64. The fourth-order valence-electron chi connectivity index (χ4n) is 0.514. The smallest absolute Gasteiger partial charge is 0.330 e. The fraction of sp³-hybridized carbons (Fsp3) is 0.200. The van der Waals surface area contributed by atoms with E-state index in [1.165, 1.54) is 13.0 Å². The van der Waals surface area contributed by atoms with Gasteiger partial charge in [-0.1, -0.05) is 18.7 Å². The molecule has 0 spiro atoms. The summed E-state index contributed by atoms with van der Waals surface area (Å²) in [4.78, 5) is 20.9. The first-order chi connectivity index (χ1) is 6.16. The number of hydrogen-bond acceptors (Lipinski definition) is 3. The Morgan fingerprint density at radius 1 is 1.38 bits per heavy atom. The molecule has 70 valence electrons. The topological polar surface area (TPSA) is 43.4 Å². The van der Waals surface area contributed by atoms with Crippen molar-refractivity contribution in [3.8, 4) is 0 Å². The number of ether oxygens (including phenoxy) is 1. The van der Waals surface area contributed by atoms with Crippen LogP contribution < -0.4 is 0 Å². The lowest BCUT2D eigenvalue weighted by Gasteiger charge is -1.93. The average Bonchev–Trinajstić information content (AvgIpc) is 2.10. The van der Waals surface area contributed by atoms with E-state index in [-0.39, 0.29) is 12.4 Å². The molecule has 0 saturated heterocycles. The molecular weight excluding hydrogens is 168 g/mol. The molecule has 0 heterocycles. The monoisotopic (exact) mass is 180 g/mol. The van der Waals surface area contributed by atoms with Crippen LogP contribution in [0.2, 0.25) is 0 Å². The van der Waals surface area contributed by atoms with E-state index in [1.54, 1.807) is 18.2 Å². The Labute approximate surface area is 77.4 Å². The lowest BCUT2D eigenvalue weighted by atomic mass is 10.3. The highest BCUT2D eigenvalue weighted by Crippen LogP contribution is 1.83. The van der Waals surface area contributed by atoms with Crippen molar-refractivity contribution in [3.05, 3.63) is 37.0 Å². The normalized spacial score (nSPS) is 10.5. The quantitative estimate of drug-likeness (QED) is 0.365. The van der Waals surface area contributed by atoms with Crippen LogP contribution in [-0.2, 0) is 14.3 Å². The molecule has 0 aromatic carbocycles. The largest absolute Gasteiger partial charge is 0.458 e. The van der Waals surface area contributed by atoms with Crippen molar-refractivity contribution in [2.24, 2.45) is 0 Å². The maximum absolute atomic E-state index is 10.5. The number of carbonyl (C=O) groups is 2. The Kier molecular flexibility index (Phi) is 6.15. The van der Waals surface area contributed by atoms with Crippen molar-refractivity contribution in [1.29, 1.82) is 0 Å². The number of allylic oxidation sites excluding steroid dienone is 3. The standard InChI is InChI=1S/C10H12O3/c1-3-10(12)13-8-6-4-5-7-9(2)11/h3-7H,1,8H2,2H3/b6-4+,7-5-. The zero-order valence-corrected chi connectivity index (χ0v) is 7.53. The molecule has 0 aromatic heterocycles. The van der Waals surface area contributed by atoms with Crippen molar-refractivity contribution in [3.63, 3.8) is 0 Å². The highest BCUT2D eigenvalue weighted by atomic mass is 16.5. The third kappa shape index (κ3) is 8.26. The van der Waals surface area contributed by atoms with Gasteiger partial charge in [0.05, 0.1) is 0 Å². The molecule has 0 saturated carbocycles. The highest BCUT2D eigenvalue weighted by Gasteiger charge is 1.89. The van der Waals surface area contributed by atoms with Crippen LogP contribution in [0.15, 0.2) is 37.0 Å². The molecule has 0 rings (SSSR count). The summed E-state index contributed by atoms with van der Waals surface area (Å²) in [5.41, 5.74) is 0. The van der Waals surface area contributed by atoms with Gasteiger partial charge in [-0.2, -0.15) is 0 Å². The third-order valence-electron chi connectivity index (χ3n) is 1.07. The molecule has 0 radical (unpaired) electrons. The van der Waals surface area contributed by atoms with Gasteiger partial charge in [-0.15, -0.1) is 0 Å². The minimum absolute atomic E-state index is 0.0206. The van der Waals surface area contributed by atoms with Gasteiger partial charge in [-0.25, -0.2) is 4.79 Å². The molecule has 0 unspecified atom stereocenters. The molecule has 3 heteroatoms. The zero-order valence-electron chi connectivity index (χ0n) is 7.53. The Bertz CT molecular complexity index is 249. The summed E-state index contributed by atoms with van der Waals surface area (Å²) in [6, 6.07) is 0. The molecular formula is C10H12O3. The van der Waals surface area contributed by atoms with E-state index in [9.17, 15) is 9.59 Å². The minimum Gasteiger partial charge on any atom is -0.458 e. The Morgan fingerprint density at radius 3 is 2.62 bits per heavy atom. The molecule has 0 amide bonds. The molecule has 3 nitrogen and oxygen atoms in total. The molecule has 0 aliphatic carbocycles. The third-order valence-corrected chi connectivity index (χ3v) is 1.07. The van der Waals surface area contributed by atoms with Crippen LogP contribution in [0.25, 0.3) is 0 Å². The summed E-state index contributed by atoms with van der Waals surface area (Å²) in [6.45, 7) is 4.89. The van der Waals surface area contributed by atoms with Crippen LogP contribution in [-0.4, -0.2) is 18.4 Å². The van der Waals surface area contributed by atoms with E-state index in [0.717, 1.165) is 6.08 Å². The molecule has 0 aromatic rings. The summed E-state index contributed by atoms with van der Waals surface area (Å²) in [5.74, 6) is -0.479. The number of carbonyl (C=O) groups excluding carboxylic acids is 2. The predicted molar refractivity (Wildman–Crippen MR) is 50.1 cm³/mol. The second-order valence-electron chi connectivity index (χ2n) is 2.23. The van der Waals surface area contributed by atoms with Gasteiger partial charge in [0.15, 0.2) is 5.78 Å². The Morgan fingerprint density at radius 2 is 2.08 bits per heavy atom. The van der Waals surface area contributed by atoms with Gasteiger partial charge < -0.3 is 4.74 Å². The maximum Gasteiger partial charge on any atom is 0.330 e. The second kappa shape index (κ2) is 7.03. The van der Waals surface area contributed by atoms with Gasteiger partial charge in [0.1, 0.15) is 6.61 Å². The van der Waals surface area contributed by atoms with Crippen LogP contribution in [0.1, 0.15) is 6.92 Å². The van der Waals surface area contributed by atoms with Crippen molar-refractivity contribution in [1.82, 2.24) is 0 Å². The fourth-order valence-corrected chi connectivity index (χ4v) is 0.514. The first-order valence-electron chi connectivity index (χ1n) is 3.79. The van der Waals surface area contributed by atoms with E-state index < -0.39 is 5.97 Å². The number of rotatable bonds is 5. The first kappa shape index (κ1) is 11.4. The van der Waals surface area contributed by atoms with Gasteiger partial charge in [0, 0.05) is 6.08 Å². The molecule has 0 N–H and O–H groups in total. The van der Waals surface area contributed by atoms with E-state index in [2.05, 4.69) is 11.3 Å². The lowest BCUT2D eigenvalue weighted by Crippen LogP contribution is -1.98. The van der Waals surface area contributed by atoms with E-state index >= 15 is 0 Å². The van der Waals surface area contributed by atoms with Crippen LogP contribution in [0.3, 0.4) is 0 Å².